The summed E-state index contributed by atoms with van der Waals surface area (Å²) in [4.78, 5) is 31.1. The van der Waals surface area contributed by atoms with E-state index in [1.54, 1.807) is 11.8 Å². The summed E-state index contributed by atoms with van der Waals surface area (Å²) in [6.45, 7) is 2.99. The zero-order valence-corrected chi connectivity index (χ0v) is 23.8. The molecule has 0 aromatic heterocycles. The number of piperazine rings is 1. The van der Waals surface area contributed by atoms with E-state index in [1.165, 1.54) is 30.1 Å². The van der Waals surface area contributed by atoms with E-state index < -0.39 is 47.9 Å². The lowest BCUT2D eigenvalue weighted by molar-refractivity contribution is -0.143. The molecule has 2 fully saturated rings. The summed E-state index contributed by atoms with van der Waals surface area (Å²) < 4.78 is 94.0. The van der Waals surface area contributed by atoms with Gasteiger partial charge in [0.05, 0.1) is 17.2 Å². The maximum Gasteiger partial charge on any atom is 0.416 e. The average molecular weight is 625 g/mol. The van der Waals surface area contributed by atoms with Crippen molar-refractivity contribution < 1.29 is 40.3 Å². The van der Waals surface area contributed by atoms with Crippen LogP contribution in [-0.4, -0.2) is 66.4 Å². The second kappa shape index (κ2) is 13.1. The fourth-order valence-electron chi connectivity index (χ4n) is 5.49. The van der Waals surface area contributed by atoms with Crippen molar-refractivity contribution in [2.75, 3.05) is 39.8 Å². The Balaban J connectivity index is 0.00000484. The zero-order chi connectivity index (χ0) is 30.1. The number of hydrogen-bond acceptors (Lipinski definition) is 3. The first kappa shape index (κ1) is 33.4. The van der Waals surface area contributed by atoms with Crippen LogP contribution in [0.3, 0.4) is 0 Å². The Morgan fingerprint density at radius 2 is 1.55 bits per heavy atom. The van der Waals surface area contributed by atoms with Gasteiger partial charge in [-0.1, -0.05) is 6.07 Å². The first-order valence-corrected chi connectivity index (χ1v) is 13.2. The fraction of sp³-hybridized carbons (Fsp3) is 0.500. The van der Waals surface area contributed by atoms with Crippen LogP contribution in [0.1, 0.15) is 46.7 Å². The molecule has 2 aromatic rings. The summed E-state index contributed by atoms with van der Waals surface area (Å²) in [6.07, 6.45) is -8.67. The number of piperidine rings is 1. The summed E-state index contributed by atoms with van der Waals surface area (Å²) in [5.41, 5.74) is -2.13. The Labute approximate surface area is 245 Å². The van der Waals surface area contributed by atoms with Gasteiger partial charge in [-0.05, 0) is 79.9 Å². The number of urea groups is 1. The van der Waals surface area contributed by atoms with Crippen molar-refractivity contribution in [3.05, 3.63) is 70.0 Å². The summed E-state index contributed by atoms with van der Waals surface area (Å²) >= 11 is 0. The third-order valence-electron chi connectivity index (χ3n) is 7.61. The van der Waals surface area contributed by atoms with E-state index in [0.29, 0.717) is 49.2 Å². The van der Waals surface area contributed by atoms with Crippen molar-refractivity contribution in [3.8, 4) is 0 Å². The van der Waals surface area contributed by atoms with Crippen molar-refractivity contribution in [1.29, 1.82) is 0 Å². The quantitative estimate of drug-likeness (QED) is 0.423. The average Bonchev–Trinajstić information content (AvgIpc) is 2.91. The molecule has 0 spiro atoms. The lowest BCUT2D eigenvalue weighted by Gasteiger charge is -2.44. The lowest BCUT2D eigenvalue weighted by atomic mass is 9.94. The molecule has 14 heteroatoms. The number of aryl methyl sites for hydroxylation is 1. The van der Waals surface area contributed by atoms with E-state index in [4.69, 9.17) is 0 Å². The van der Waals surface area contributed by atoms with Crippen molar-refractivity contribution in [1.82, 2.24) is 20.0 Å². The Kier molecular flexibility index (Phi) is 10.4. The predicted octanol–water partition coefficient (Wildman–Crippen LogP) is 6.03. The third kappa shape index (κ3) is 7.66. The smallest absolute Gasteiger partial charge is 0.338 e. The number of carbonyl (C=O) groups is 2. The van der Waals surface area contributed by atoms with Gasteiger partial charge in [-0.15, -0.1) is 12.4 Å². The molecule has 0 radical (unpaired) electrons. The fourth-order valence-corrected chi connectivity index (χ4v) is 5.49. The van der Waals surface area contributed by atoms with Crippen LogP contribution in [0.15, 0.2) is 36.4 Å². The van der Waals surface area contributed by atoms with Gasteiger partial charge in [-0.3, -0.25) is 4.79 Å². The van der Waals surface area contributed by atoms with Crippen LogP contribution in [0.2, 0.25) is 0 Å². The van der Waals surface area contributed by atoms with Gasteiger partial charge in [0.25, 0.3) is 0 Å². The van der Waals surface area contributed by atoms with Gasteiger partial charge in [0, 0.05) is 39.1 Å². The highest BCUT2D eigenvalue weighted by molar-refractivity contribution is 5.85. The van der Waals surface area contributed by atoms with Crippen molar-refractivity contribution in [3.63, 3.8) is 0 Å². The SMILES string of the molecule is Cc1cc(F)ccc1[C@@H]1CN(C(=O)C2CCNCC2)CCN1C(=O)N(C)Cc1cc(C(F)(F)F)cc(C(F)(F)F)c1.Cl. The van der Waals surface area contributed by atoms with E-state index in [1.807, 2.05) is 0 Å². The summed E-state index contributed by atoms with van der Waals surface area (Å²) in [5, 5.41) is 3.21. The number of benzene rings is 2. The van der Waals surface area contributed by atoms with Gasteiger partial charge in [0.2, 0.25) is 5.91 Å². The van der Waals surface area contributed by atoms with Gasteiger partial charge < -0.3 is 20.0 Å². The number of carbonyl (C=O) groups excluding carboxylic acids is 2. The van der Waals surface area contributed by atoms with E-state index in [9.17, 15) is 40.3 Å². The Hall–Kier alpha value is -3.06. The maximum atomic E-state index is 13.9. The number of nitrogens with one attached hydrogen (secondary N) is 1. The van der Waals surface area contributed by atoms with Crippen LogP contribution in [0.25, 0.3) is 0 Å². The second-order valence-electron chi connectivity index (χ2n) is 10.6. The molecule has 0 unspecified atom stereocenters. The maximum absolute atomic E-state index is 13.9. The standard InChI is InChI=1S/C28H31F7N4O2.ClH/c1-17-11-22(29)3-4-23(17)24-16-38(25(40)19-5-7-36-8-6-19)9-10-39(24)26(41)37(2)15-18-12-20(27(30,31)32)14-21(13-18)28(33,34)35;/h3-4,11-14,19,24,36H,5-10,15-16H2,1-2H3;1H/t24-;/m0./s1. The molecule has 3 amide bonds. The molecule has 2 heterocycles. The van der Waals surface area contributed by atoms with Gasteiger partial charge in [-0.25, -0.2) is 9.18 Å². The topological polar surface area (TPSA) is 55.9 Å². The highest BCUT2D eigenvalue weighted by Gasteiger charge is 2.39. The molecule has 2 saturated heterocycles. The minimum atomic E-state index is -5.01. The highest BCUT2D eigenvalue weighted by Crippen LogP contribution is 2.37. The highest BCUT2D eigenvalue weighted by atomic mass is 35.5. The van der Waals surface area contributed by atoms with Gasteiger partial charge >= 0.3 is 18.4 Å². The van der Waals surface area contributed by atoms with Crippen LogP contribution in [0.5, 0.6) is 0 Å². The number of rotatable bonds is 4. The zero-order valence-electron chi connectivity index (χ0n) is 23.0. The second-order valence-corrected chi connectivity index (χ2v) is 10.6. The minimum absolute atomic E-state index is 0. The molecule has 6 nitrogen and oxygen atoms in total. The summed E-state index contributed by atoms with van der Waals surface area (Å²) in [5.74, 6) is -0.690. The molecular formula is C28H32ClF7N4O2. The molecule has 0 bridgehead atoms. The molecular weight excluding hydrogens is 593 g/mol. The third-order valence-corrected chi connectivity index (χ3v) is 7.61. The van der Waals surface area contributed by atoms with Gasteiger partial charge in [-0.2, -0.15) is 26.3 Å². The van der Waals surface area contributed by atoms with Crippen LogP contribution in [-0.2, 0) is 23.7 Å². The summed E-state index contributed by atoms with van der Waals surface area (Å²) in [7, 11) is 1.29. The molecule has 2 aliphatic heterocycles. The van der Waals surface area contributed by atoms with E-state index in [2.05, 4.69) is 5.32 Å². The first-order chi connectivity index (χ1) is 19.1. The van der Waals surface area contributed by atoms with Crippen molar-refractivity contribution >= 4 is 24.3 Å². The molecule has 0 saturated carbocycles. The summed E-state index contributed by atoms with van der Waals surface area (Å²) in [6, 6.07) is 3.95. The minimum Gasteiger partial charge on any atom is -0.338 e. The van der Waals surface area contributed by atoms with Crippen LogP contribution in [0, 0.1) is 18.7 Å². The number of alkyl halides is 6. The normalized spacial score (nSPS) is 18.5. The predicted molar refractivity (Wildman–Crippen MR) is 143 cm³/mol. The number of halogens is 8. The molecule has 1 N–H and O–H groups in total. The molecule has 2 aliphatic rings. The van der Waals surface area contributed by atoms with E-state index in [-0.39, 0.29) is 55.5 Å². The number of nitrogens with zero attached hydrogens (tertiary/aromatic N) is 3. The first-order valence-electron chi connectivity index (χ1n) is 13.2. The van der Waals surface area contributed by atoms with Crippen LogP contribution >= 0.6 is 12.4 Å². The Morgan fingerprint density at radius 3 is 2.10 bits per heavy atom. The van der Waals surface area contributed by atoms with E-state index >= 15 is 0 Å². The largest absolute Gasteiger partial charge is 0.416 e. The molecule has 1 atom stereocenters. The monoisotopic (exact) mass is 624 g/mol. The van der Waals surface area contributed by atoms with Gasteiger partial charge in [0.1, 0.15) is 5.82 Å². The van der Waals surface area contributed by atoms with Crippen molar-refractivity contribution in [2.45, 2.75) is 44.7 Å². The van der Waals surface area contributed by atoms with Crippen LogP contribution < -0.4 is 5.32 Å². The Morgan fingerprint density at radius 1 is 0.952 bits per heavy atom. The van der Waals surface area contributed by atoms with Crippen molar-refractivity contribution in [2.24, 2.45) is 5.92 Å². The lowest BCUT2D eigenvalue weighted by Crippen LogP contribution is -2.56. The molecule has 232 valence electrons. The number of hydrogen-bond donors (Lipinski definition) is 1. The molecule has 2 aromatic carbocycles. The van der Waals surface area contributed by atoms with Gasteiger partial charge in [0.15, 0.2) is 0 Å². The Bertz CT molecular complexity index is 1250. The van der Waals surface area contributed by atoms with Crippen LogP contribution in [0.4, 0.5) is 35.5 Å². The molecule has 42 heavy (non-hydrogen) atoms. The number of amides is 3. The molecule has 4 rings (SSSR count). The molecule has 0 aliphatic carbocycles. The van der Waals surface area contributed by atoms with E-state index in [0.717, 1.165) is 4.90 Å².